The first-order valence-corrected chi connectivity index (χ1v) is 15.9. The first kappa shape index (κ1) is 23.3. The van der Waals surface area contributed by atoms with Gasteiger partial charge in [0.1, 0.15) is 30.2 Å². The molecule has 8 nitrogen and oxygen atoms in total. The molecule has 2 fully saturated rings. The predicted molar refractivity (Wildman–Crippen MR) is 136 cm³/mol. The standard InChI is InChI=1S/C25H35N5O3Si/c1-25(7-8-25)33-19-5-6-21-20(15-19)24(30(28-21)18-32-13-14-34(2,3)4)22-16-23(27-17-26-22)29-9-11-31-12-10-29/h5-6,15-17H,7-14,18H2,1-4H3. The molecule has 0 radical (unpaired) electrons. The lowest BCUT2D eigenvalue weighted by Crippen LogP contribution is -2.36. The average Bonchev–Trinajstić information content (AvgIpc) is 3.43. The average molecular weight is 482 g/mol. The smallest absolute Gasteiger partial charge is 0.140 e. The maximum atomic E-state index is 6.26. The first-order chi connectivity index (χ1) is 16.3. The van der Waals surface area contributed by atoms with Crippen LogP contribution in [0.4, 0.5) is 5.82 Å². The van der Waals surface area contributed by atoms with Crippen LogP contribution < -0.4 is 9.64 Å². The Bertz CT molecular complexity index is 1150. The van der Waals surface area contributed by atoms with Crippen molar-refractivity contribution in [3.05, 3.63) is 30.6 Å². The van der Waals surface area contributed by atoms with Gasteiger partial charge >= 0.3 is 0 Å². The second-order valence-electron chi connectivity index (χ2n) is 10.8. The Morgan fingerprint density at radius 1 is 1.09 bits per heavy atom. The molecule has 3 aromatic rings. The molecule has 0 N–H and O–H groups in total. The summed E-state index contributed by atoms with van der Waals surface area (Å²) in [6.07, 6.45) is 3.83. The van der Waals surface area contributed by atoms with Crippen molar-refractivity contribution in [3.63, 3.8) is 0 Å². The molecule has 0 atom stereocenters. The molecule has 3 heterocycles. The molecular weight excluding hydrogens is 446 g/mol. The zero-order chi connectivity index (χ0) is 23.8. The fourth-order valence-electron chi connectivity index (χ4n) is 4.07. The Hall–Kier alpha value is -2.49. The maximum absolute atomic E-state index is 6.26. The lowest BCUT2D eigenvalue weighted by atomic mass is 10.1. The van der Waals surface area contributed by atoms with Crippen LogP contribution in [0.25, 0.3) is 22.3 Å². The van der Waals surface area contributed by atoms with E-state index in [4.69, 9.17) is 19.3 Å². The normalized spacial score (nSPS) is 17.8. The predicted octanol–water partition coefficient (Wildman–Crippen LogP) is 4.57. The van der Waals surface area contributed by atoms with Crippen molar-refractivity contribution in [2.45, 2.75) is 57.8 Å². The zero-order valence-corrected chi connectivity index (χ0v) is 21.7. The summed E-state index contributed by atoms with van der Waals surface area (Å²) < 4.78 is 19.8. The van der Waals surface area contributed by atoms with Crippen molar-refractivity contribution < 1.29 is 14.2 Å². The van der Waals surface area contributed by atoms with E-state index in [9.17, 15) is 0 Å². The summed E-state index contributed by atoms with van der Waals surface area (Å²) in [6, 6.07) is 9.31. The lowest BCUT2D eigenvalue weighted by Gasteiger charge is -2.27. The number of benzene rings is 1. The van der Waals surface area contributed by atoms with Gasteiger partial charge in [-0.05, 0) is 44.0 Å². The third-order valence-electron chi connectivity index (χ3n) is 6.47. The number of nitrogens with zero attached hydrogens (tertiary/aromatic N) is 5. The van der Waals surface area contributed by atoms with E-state index in [1.54, 1.807) is 6.33 Å². The maximum Gasteiger partial charge on any atom is 0.140 e. The van der Waals surface area contributed by atoms with Crippen molar-refractivity contribution in [2.24, 2.45) is 0 Å². The molecule has 9 heteroatoms. The quantitative estimate of drug-likeness (QED) is 0.327. The number of hydrogen-bond donors (Lipinski definition) is 0. The van der Waals surface area contributed by atoms with Crippen LogP contribution in [0.15, 0.2) is 30.6 Å². The van der Waals surface area contributed by atoms with Crippen molar-refractivity contribution in [2.75, 3.05) is 37.8 Å². The Morgan fingerprint density at radius 3 is 2.62 bits per heavy atom. The first-order valence-electron chi connectivity index (χ1n) is 12.2. The number of anilines is 1. The van der Waals surface area contributed by atoms with Crippen LogP contribution >= 0.6 is 0 Å². The van der Waals surface area contributed by atoms with Gasteiger partial charge in [0.25, 0.3) is 0 Å². The van der Waals surface area contributed by atoms with Crippen molar-refractivity contribution in [1.29, 1.82) is 0 Å². The molecule has 2 aromatic heterocycles. The molecule has 1 aliphatic heterocycles. The van der Waals surface area contributed by atoms with Crippen LogP contribution in [0, 0.1) is 0 Å². The molecule has 1 saturated carbocycles. The summed E-state index contributed by atoms with van der Waals surface area (Å²) in [5.41, 5.74) is 2.64. The highest BCUT2D eigenvalue weighted by Crippen LogP contribution is 2.41. The molecule has 0 amide bonds. The van der Waals surface area contributed by atoms with Gasteiger partial charge in [0.05, 0.1) is 30.1 Å². The molecule has 1 aromatic carbocycles. The molecule has 2 aliphatic rings. The van der Waals surface area contributed by atoms with Gasteiger partial charge in [-0.1, -0.05) is 19.6 Å². The van der Waals surface area contributed by atoms with Crippen LogP contribution in [-0.4, -0.2) is 66.3 Å². The van der Waals surface area contributed by atoms with Crippen molar-refractivity contribution >= 4 is 24.8 Å². The topological polar surface area (TPSA) is 74.5 Å². The molecule has 34 heavy (non-hydrogen) atoms. The molecule has 5 rings (SSSR count). The molecule has 1 aliphatic carbocycles. The van der Waals surface area contributed by atoms with Gasteiger partial charge in [-0.25, -0.2) is 14.6 Å². The van der Waals surface area contributed by atoms with Gasteiger partial charge < -0.3 is 19.1 Å². The highest BCUT2D eigenvalue weighted by molar-refractivity contribution is 6.76. The summed E-state index contributed by atoms with van der Waals surface area (Å²) >= 11 is 0. The second kappa shape index (κ2) is 9.28. The van der Waals surface area contributed by atoms with E-state index in [-0.39, 0.29) is 5.60 Å². The van der Waals surface area contributed by atoms with Gasteiger partial charge in [-0.2, -0.15) is 5.10 Å². The van der Waals surface area contributed by atoms with Crippen LogP contribution in [0.2, 0.25) is 25.7 Å². The molecule has 182 valence electrons. The Balaban J connectivity index is 1.49. The number of aromatic nitrogens is 4. The summed E-state index contributed by atoms with van der Waals surface area (Å²) in [5, 5.41) is 5.89. The SMILES string of the molecule is CC1(Oc2ccc3nn(COCC[Si](C)(C)C)c(-c4cc(N5CCOCC5)ncn4)c3c2)CC1. The number of hydrogen-bond acceptors (Lipinski definition) is 7. The molecule has 0 spiro atoms. The summed E-state index contributed by atoms with van der Waals surface area (Å²) in [6.45, 7) is 13.4. The van der Waals surface area contributed by atoms with Gasteiger partial charge in [-0.15, -0.1) is 0 Å². The summed E-state index contributed by atoms with van der Waals surface area (Å²) in [4.78, 5) is 11.4. The molecule has 0 unspecified atom stereocenters. The number of fused-ring (bicyclic) bond motifs is 1. The minimum atomic E-state index is -1.16. The van der Waals surface area contributed by atoms with E-state index < -0.39 is 8.07 Å². The van der Waals surface area contributed by atoms with Crippen LogP contribution in [-0.2, 0) is 16.2 Å². The van der Waals surface area contributed by atoms with E-state index in [1.165, 1.54) is 0 Å². The van der Waals surface area contributed by atoms with E-state index >= 15 is 0 Å². The van der Waals surface area contributed by atoms with E-state index in [0.717, 1.165) is 72.4 Å². The Kier molecular flexibility index (Phi) is 6.35. The second-order valence-corrected chi connectivity index (χ2v) is 16.4. The van der Waals surface area contributed by atoms with E-state index in [1.807, 2.05) is 16.8 Å². The fraction of sp³-hybridized carbons (Fsp3) is 0.560. The minimum absolute atomic E-state index is 0.0395. The Morgan fingerprint density at radius 2 is 1.88 bits per heavy atom. The molecular formula is C25H35N5O3Si. The van der Waals surface area contributed by atoms with Gasteiger partial charge in [0, 0.05) is 39.2 Å². The van der Waals surface area contributed by atoms with E-state index in [0.29, 0.717) is 19.9 Å². The van der Waals surface area contributed by atoms with Gasteiger partial charge in [0.2, 0.25) is 0 Å². The monoisotopic (exact) mass is 481 g/mol. The third kappa shape index (κ3) is 5.42. The van der Waals surface area contributed by atoms with Gasteiger partial charge in [-0.3, -0.25) is 0 Å². The molecule has 1 saturated heterocycles. The largest absolute Gasteiger partial charge is 0.488 e. The van der Waals surface area contributed by atoms with E-state index in [2.05, 4.69) is 53.6 Å². The zero-order valence-electron chi connectivity index (χ0n) is 20.7. The van der Waals surface area contributed by atoms with Crippen LogP contribution in [0.1, 0.15) is 19.8 Å². The van der Waals surface area contributed by atoms with Crippen LogP contribution in [0.3, 0.4) is 0 Å². The molecule has 0 bridgehead atoms. The third-order valence-corrected chi connectivity index (χ3v) is 8.17. The highest BCUT2D eigenvalue weighted by atomic mass is 28.3. The summed E-state index contributed by atoms with van der Waals surface area (Å²) in [7, 11) is -1.16. The van der Waals surface area contributed by atoms with Gasteiger partial charge in [0.15, 0.2) is 0 Å². The Labute approximate surface area is 202 Å². The number of morpholine rings is 1. The highest BCUT2D eigenvalue weighted by Gasteiger charge is 2.40. The fourth-order valence-corrected chi connectivity index (χ4v) is 4.83. The lowest BCUT2D eigenvalue weighted by molar-refractivity contribution is 0.0802. The summed E-state index contributed by atoms with van der Waals surface area (Å²) in [5.74, 6) is 1.78. The van der Waals surface area contributed by atoms with Crippen LogP contribution in [0.5, 0.6) is 5.75 Å². The minimum Gasteiger partial charge on any atom is -0.488 e. The van der Waals surface area contributed by atoms with Crippen molar-refractivity contribution in [1.82, 2.24) is 19.7 Å². The number of rotatable bonds is 9. The number of ether oxygens (including phenoxy) is 3. The van der Waals surface area contributed by atoms with Crippen molar-refractivity contribution in [3.8, 4) is 17.1 Å².